The van der Waals surface area contributed by atoms with Crippen molar-refractivity contribution in [2.45, 2.75) is 17.7 Å². The SMILES string of the molecule is COC(=O)CCCNC(=O)c1ccc(S(=O)(=O)Nc2ccccc2)cc1. The standard InChI is InChI=1S/C18H20N2O5S/c1-25-17(21)8-5-13-19-18(22)14-9-11-16(12-10-14)26(23,24)20-15-6-3-2-4-7-15/h2-4,6-7,9-12,20H,5,8,13H2,1H3,(H,19,22). The minimum atomic E-state index is -3.72. The van der Waals surface area contributed by atoms with Crippen molar-refractivity contribution in [2.75, 3.05) is 18.4 Å². The Kier molecular flexibility index (Phi) is 6.74. The molecule has 2 rings (SSSR count). The molecule has 1 amide bonds. The number of sulfonamides is 1. The van der Waals surface area contributed by atoms with Crippen molar-refractivity contribution in [3.63, 3.8) is 0 Å². The molecule has 0 fully saturated rings. The van der Waals surface area contributed by atoms with Crippen LogP contribution < -0.4 is 10.0 Å². The zero-order valence-corrected chi connectivity index (χ0v) is 15.1. The first-order valence-corrected chi connectivity index (χ1v) is 9.43. The second-order valence-electron chi connectivity index (χ2n) is 5.43. The summed E-state index contributed by atoms with van der Waals surface area (Å²) in [4.78, 5) is 23.1. The average molecular weight is 376 g/mol. The summed E-state index contributed by atoms with van der Waals surface area (Å²) in [6.45, 7) is 0.323. The molecule has 0 aromatic heterocycles. The second-order valence-corrected chi connectivity index (χ2v) is 7.11. The first-order valence-electron chi connectivity index (χ1n) is 7.95. The van der Waals surface area contributed by atoms with E-state index in [-0.39, 0.29) is 23.2 Å². The van der Waals surface area contributed by atoms with Gasteiger partial charge < -0.3 is 10.1 Å². The lowest BCUT2D eigenvalue weighted by Gasteiger charge is -2.09. The van der Waals surface area contributed by atoms with Gasteiger partial charge in [-0.1, -0.05) is 18.2 Å². The summed E-state index contributed by atoms with van der Waals surface area (Å²) >= 11 is 0. The highest BCUT2D eigenvalue weighted by atomic mass is 32.2. The molecule has 2 aromatic carbocycles. The lowest BCUT2D eigenvalue weighted by Crippen LogP contribution is -2.25. The van der Waals surface area contributed by atoms with Crippen molar-refractivity contribution in [2.24, 2.45) is 0 Å². The average Bonchev–Trinajstić information content (AvgIpc) is 2.65. The summed E-state index contributed by atoms with van der Waals surface area (Å²) in [5, 5.41) is 2.66. The number of para-hydroxylation sites is 1. The number of amides is 1. The third-order valence-electron chi connectivity index (χ3n) is 3.52. The van der Waals surface area contributed by atoms with Crippen LogP contribution in [0.2, 0.25) is 0 Å². The number of ether oxygens (including phenoxy) is 1. The Morgan fingerprint density at radius 1 is 1.00 bits per heavy atom. The van der Waals surface area contributed by atoms with Crippen LogP contribution in [0.4, 0.5) is 5.69 Å². The predicted octanol–water partition coefficient (Wildman–Crippen LogP) is 2.17. The second kappa shape index (κ2) is 9.00. The van der Waals surface area contributed by atoms with E-state index in [2.05, 4.69) is 14.8 Å². The van der Waals surface area contributed by atoms with Crippen LogP contribution in [0, 0.1) is 0 Å². The van der Waals surface area contributed by atoms with E-state index in [1.165, 1.54) is 31.4 Å². The molecule has 0 aliphatic rings. The lowest BCUT2D eigenvalue weighted by molar-refractivity contribution is -0.140. The van der Waals surface area contributed by atoms with Crippen LogP contribution in [-0.2, 0) is 19.6 Å². The fraction of sp³-hybridized carbons (Fsp3) is 0.222. The molecule has 7 nitrogen and oxygen atoms in total. The molecule has 138 valence electrons. The van der Waals surface area contributed by atoms with Gasteiger partial charge in [0.2, 0.25) is 0 Å². The van der Waals surface area contributed by atoms with E-state index < -0.39 is 10.0 Å². The molecule has 0 saturated heterocycles. The maximum atomic E-state index is 12.3. The molecular formula is C18H20N2O5S. The number of hydrogen-bond acceptors (Lipinski definition) is 5. The number of esters is 1. The Bertz CT molecular complexity index is 849. The van der Waals surface area contributed by atoms with Gasteiger partial charge in [-0.05, 0) is 42.8 Å². The van der Waals surface area contributed by atoms with E-state index in [1.54, 1.807) is 30.3 Å². The van der Waals surface area contributed by atoms with Gasteiger partial charge in [-0.25, -0.2) is 8.42 Å². The van der Waals surface area contributed by atoms with Gasteiger partial charge in [-0.15, -0.1) is 0 Å². The fourth-order valence-electron chi connectivity index (χ4n) is 2.14. The van der Waals surface area contributed by atoms with Crippen molar-refractivity contribution in [3.8, 4) is 0 Å². The van der Waals surface area contributed by atoms with Crippen molar-refractivity contribution < 1.29 is 22.7 Å². The zero-order valence-electron chi connectivity index (χ0n) is 14.3. The highest BCUT2D eigenvalue weighted by Gasteiger charge is 2.15. The van der Waals surface area contributed by atoms with Gasteiger partial charge in [-0.3, -0.25) is 14.3 Å². The van der Waals surface area contributed by atoms with Crippen LogP contribution >= 0.6 is 0 Å². The molecule has 0 aliphatic carbocycles. The molecule has 26 heavy (non-hydrogen) atoms. The normalized spacial score (nSPS) is 10.8. The van der Waals surface area contributed by atoms with Crippen molar-refractivity contribution in [3.05, 3.63) is 60.2 Å². The van der Waals surface area contributed by atoms with E-state index >= 15 is 0 Å². The van der Waals surface area contributed by atoms with Crippen LogP contribution in [-0.4, -0.2) is 33.9 Å². The summed E-state index contributed by atoms with van der Waals surface area (Å²) < 4.78 is 31.6. The van der Waals surface area contributed by atoms with E-state index in [1.807, 2.05) is 0 Å². The van der Waals surface area contributed by atoms with Crippen molar-refractivity contribution in [1.82, 2.24) is 5.32 Å². The van der Waals surface area contributed by atoms with Crippen LogP contribution in [0.25, 0.3) is 0 Å². The smallest absolute Gasteiger partial charge is 0.305 e. The molecule has 0 saturated carbocycles. The summed E-state index contributed by atoms with van der Waals surface area (Å²) in [7, 11) is -2.41. The minimum Gasteiger partial charge on any atom is -0.469 e. The number of anilines is 1. The third-order valence-corrected chi connectivity index (χ3v) is 4.92. The molecule has 0 bridgehead atoms. The summed E-state index contributed by atoms with van der Waals surface area (Å²) in [6, 6.07) is 14.2. The zero-order chi connectivity index (χ0) is 19.0. The third kappa shape index (κ3) is 5.59. The van der Waals surface area contributed by atoms with Crippen LogP contribution in [0.15, 0.2) is 59.5 Å². The molecule has 0 atom stereocenters. The van der Waals surface area contributed by atoms with Crippen LogP contribution in [0.3, 0.4) is 0 Å². The Morgan fingerprint density at radius 2 is 1.65 bits per heavy atom. The molecule has 0 heterocycles. The number of hydrogen-bond donors (Lipinski definition) is 2. The van der Waals surface area contributed by atoms with Gasteiger partial charge in [0, 0.05) is 24.2 Å². The number of carbonyl (C=O) groups is 2. The van der Waals surface area contributed by atoms with Crippen LogP contribution in [0.5, 0.6) is 0 Å². The van der Waals surface area contributed by atoms with Crippen molar-refractivity contribution in [1.29, 1.82) is 0 Å². The summed E-state index contributed by atoms with van der Waals surface area (Å²) in [6.07, 6.45) is 0.686. The van der Waals surface area contributed by atoms with Gasteiger partial charge in [0.1, 0.15) is 0 Å². The number of nitrogens with one attached hydrogen (secondary N) is 2. The first-order chi connectivity index (χ1) is 12.4. The largest absolute Gasteiger partial charge is 0.469 e. The Hall–Kier alpha value is -2.87. The molecule has 0 aliphatic heterocycles. The summed E-state index contributed by atoms with van der Waals surface area (Å²) in [5.74, 6) is -0.672. The quantitative estimate of drug-likeness (QED) is 0.543. The molecular weight excluding hydrogens is 356 g/mol. The van der Waals surface area contributed by atoms with E-state index in [4.69, 9.17) is 0 Å². The van der Waals surface area contributed by atoms with E-state index in [0.717, 1.165) is 0 Å². The fourth-order valence-corrected chi connectivity index (χ4v) is 3.20. The topological polar surface area (TPSA) is 102 Å². The van der Waals surface area contributed by atoms with Gasteiger partial charge in [0.25, 0.3) is 15.9 Å². The molecule has 0 unspecified atom stereocenters. The number of methoxy groups -OCH3 is 1. The Balaban J connectivity index is 1.94. The number of carbonyl (C=O) groups excluding carboxylic acids is 2. The molecule has 0 radical (unpaired) electrons. The van der Waals surface area contributed by atoms with Gasteiger partial charge in [0.05, 0.1) is 12.0 Å². The van der Waals surface area contributed by atoms with Gasteiger partial charge >= 0.3 is 5.97 Å². The lowest BCUT2D eigenvalue weighted by atomic mass is 10.2. The van der Waals surface area contributed by atoms with E-state index in [0.29, 0.717) is 24.2 Å². The highest BCUT2D eigenvalue weighted by molar-refractivity contribution is 7.92. The van der Waals surface area contributed by atoms with Crippen molar-refractivity contribution >= 4 is 27.6 Å². The number of rotatable bonds is 8. The predicted molar refractivity (Wildman–Crippen MR) is 97.3 cm³/mol. The summed E-state index contributed by atoms with van der Waals surface area (Å²) in [5.41, 5.74) is 0.793. The maximum absolute atomic E-state index is 12.3. The van der Waals surface area contributed by atoms with Gasteiger partial charge in [-0.2, -0.15) is 0 Å². The number of benzene rings is 2. The monoisotopic (exact) mass is 376 g/mol. The Labute approximate surface area is 152 Å². The molecule has 2 aromatic rings. The first kappa shape index (κ1) is 19.5. The van der Waals surface area contributed by atoms with Gasteiger partial charge in [0.15, 0.2) is 0 Å². The maximum Gasteiger partial charge on any atom is 0.305 e. The van der Waals surface area contributed by atoms with Crippen LogP contribution in [0.1, 0.15) is 23.2 Å². The molecule has 8 heteroatoms. The van der Waals surface area contributed by atoms with E-state index in [9.17, 15) is 18.0 Å². The molecule has 2 N–H and O–H groups in total. The Morgan fingerprint density at radius 3 is 2.27 bits per heavy atom. The molecule has 0 spiro atoms. The minimum absolute atomic E-state index is 0.0589. The highest BCUT2D eigenvalue weighted by Crippen LogP contribution is 2.16.